The van der Waals surface area contributed by atoms with Gasteiger partial charge < -0.3 is 9.80 Å². The number of amides is 1. The molecule has 0 aromatic carbocycles. The molecule has 2 saturated heterocycles. The Morgan fingerprint density at radius 2 is 2.25 bits per heavy atom. The average Bonchev–Trinajstić information content (AvgIpc) is 2.83. The van der Waals surface area contributed by atoms with Crippen LogP contribution in [0.4, 0.5) is 0 Å². The van der Waals surface area contributed by atoms with E-state index in [-0.39, 0.29) is 11.4 Å². The molecule has 0 spiro atoms. The molecule has 0 bridgehead atoms. The van der Waals surface area contributed by atoms with E-state index in [1.165, 1.54) is 24.2 Å². The molecule has 2 aliphatic heterocycles. The van der Waals surface area contributed by atoms with Crippen molar-refractivity contribution >= 4 is 17.2 Å². The summed E-state index contributed by atoms with van der Waals surface area (Å²) in [4.78, 5) is 22.6. The van der Waals surface area contributed by atoms with Gasteiger partial charge in [0.1, 0.15) is 4.88 Å². The number of nitrogens with zero attached hydrogens (tertiary/aromatic N) is 3. The van der Waals surface area contributed by atoms with E-state index in [0.717, 1.165) is 36.5 Å². The number of thiazole rings is 1. The molecule has 110 valence electrons. The highest BCUT2D eigenvalue weighted by Crippen LogP contribution is 2.39. The summed E-state index contributed by atoms with van der Waals surface area (Å²) in [5, 5.41) is 0. The molecule has 2 atom stereocenters. The van der Waals surface area contributed by atoms with E-state index in [2.05, 4.69) is 28.8 Å². The van der Waals surface area contributed by atoms with Crippen molar-refractivity contribution in [2.24, 2.45) is 0 Å². The van der Waals surface area contributed by atoms with Gasteiger partial charge in [-0.05, 0) is 53.1 Å². The van der Waals surface area contributed by atoms with E-state index in [4.69, 9.17) is 0 Å². The molecule has 0 aliphatic carbocycles. The third-order valence-corrected chi connectivity index (χ3v) is 6.02. The lowest BCUT2D eigenvalue weighted by atomic mass is 9.76. The van der Waals surface area contributed by atoms with Crippen LogP contribution in [0.3, 0.4) is 0 Å². The maximum Gasteiger partial charge on any atom is 0.266 e. The van der Waals surface area contributed by atoms with E-state index in [9.17, 15) is 4.79 Å². The molecule has 3 heterocycles. The summed E-state index contributed by atoms with van der Waals surface area (Å²) in [6, 6.07) is 0.502. The van der Waals surface area contributed by atoms with Gasteiger partial charge in [-0.2, -0.15) is 0 Å². The first-order valence-electron chi connectivity index (χ1n) is 7.46. The van der Waals surface area contributed by atoms with Crippen molar-refractivity contribution < 1.29 is 4.79 Å². The maximum absolute atomic E-state index is 12.9. The van der Waals surface area contributed by atoms with Gasteiger partial charge in [-0.1, -0.05) is 0 Å². The van der Waals surface area contributed by atoms with Crippen LogP contribution in [0.1, 0.15) is 48.0 Å². The van der Waals surface area contributed by atoms with Crippen molar-refractivity contribution in [2.75, 3.05) is 20.1 Å². The SMILES string of the molecule is Cc1ncsc1C(=O)N1CCC[C@H]2N(C)CCC[C@@]21C. The van der Waals surface area contributed by atoms with Gasteiger partial charge in [0.25, 0.3) is 5.91 Å². The van der Waals surface area contributed by atoms with Crippen molar-refractivity contribution in [1.29, 1.82) is 0 Å². The molecule has 2 fully saturated rings. The normalized spacial score (nSPS) is 31.1. The van der Waals surface area contributed by atoms with E-state index in [0.29, 0.717) is 6.04 Å². The topological polar surface area (TPSA) is 36.4 Å². The number of carbonyl (C=O) groups is 1. The molecular weight excluding hydrogens is 270 g/mol. The highest BCUT2D eigenvalue weighted by molar-refractivity contribution is 7.11. The molecule has 0 radical (unpaired) electrons. The highest BCUT2D eigenvalue weighted by atomic mass is 32.1. The molecule has 0 unspecified atom stereocenters. The number of fused-ring (bicyclic) bond motifs is 1. The lowest BCUT2D eigenvalue weighted by Crippen LogP contribution is -2.66. The average molecular weight is 293 g/mol. The summed E-state index contributed by atoms with van der Waals surface area (Å²) in [6.45, 7) is 6.25. The Morgan fingerprint density at radius 3 is 2.95 bits per heavy atom. The van der Waals surface area contributed by atoms with Crippen LogP contribution in [-0.2, 0) is 0 Å². The summed E-state index contributed by atoms with van der Waals surface area (Å²) in [6.07, 6.45) is 4.60. The van der Waals surface area contributed by atoms with Crippen molar-refractivity contribution in [1.82, 2.24) is 14.8 Å². The first-order chi connectivity index (χ1) is 9.54. The summed E-state index contributed by atoms with van der Waals surface area (Å²) < 4.78 is 0. The first-order valence-corrected chi connectivity index (χ1v) is 8.34. The second kappa shape index (κ2) is 5.11. The molecule has 5 heteroatoms. The zero-order valence-electron chi connectivity index (χ0n) is 12.6. The van der Waals surface area contributed by atoms with Gasteiger partial charge >= 0.3 is 0 Å². The Hall–Kier alpha value is -0.940. The fourth-order valence-corrected chi connectivity index (χ4v) is 4.74. The number of rotatable bonds is 1. The van der Waals surface area contributed by atoms with Gasteiger partial charge in [-0.3, -0.25) is 4.79 Å². The first kappa shape index (κ1) is 14.0. The minimum absolute atomic E-state index is 0.0151. The molecule has 20 heavy (non-hydrogen) atoms. The van der Waals surface area contributed by atoms with Gasteiger partial charge in [-0.25, -0.2) is 4.98 Å². The van der Waals surface area contributed by atoms with E-state index < -0.39 is 0 Å². The van der Waals surface area contributed by atoms with E-state index in [1.54, 1.807) is 5.51 Å². The number of hydrogen-bond acceptors (Lipinski definition) is 4. The van der Waals surface area contributed by atoms with Crippen LogP contribution in [0, 0.1) is 6.92 Å². The van der Waals surface area contributed by atoms with Gasteiger partial charge in [0.2, 0.25) is 0 Å². The third-order valence-electron chi connectivity index (χ3n) is 5.10. The van der Waals surface area contributed by atoms with E-state index >= 15 is 0 Å². The minimum atomic E-state index is -0.0151. The Bertz CT molecular complexity index is 515. The summed E-state index contributed by atoms with van der Waals surface area (Å²) >= 11 is 1.47. The van der Waals surface area contributed by atoms with Gasteiger partial charge in [-0.15, -0.1) is 11.3 Å². The maximum atomic E-state index is 12.9. The monoisotopic (exact) mass is 293 g/mol. The van der Waals surface area contributed by atoms with Crippen LogP contribution < -0.4 is 0 Å². The van der Waals surface area contributed by atoms with Crippen molar-refractivity contribution in [3.63, 3.8) is 0 Å². The fraction of sp³-hybridized carbons (Fsp3) is 0.733. The van der Waals surface area contributed by atoms with Crippen LogP contribution in [0.5, 0.6) is 0 Å². The second-order valence-corrected chi connectivity index (χ2v) is 7.18. The van der Waals surface area contributed by atoms with Crippen LogP contribution in [0.15, 0.2) is 5.51 Å². The lowest BCUT2D eigenvalue weighted by Gasteiger charge is -2.55. The Morgan fingerprint density at radius 1 is 1.45 bits per heavy atom. The molecule has 2 aliphatic rings. The number of aryl methyl sites for hydroxylation is 1. The van der Waals surface area contributed by atoms with Crippen molar-refractivity contribution in [3.8, 4) is 0 Å². The standard InChI is InChI=1S/C15H23N3OS/c1-11-13(20-10-16-11)14(19)18-9-4-6-12-15(18,2)7-5-8-17(12)3/h10,12H,4-9H2,1-3H3/t12-,15+/m1/s1. The fourth-order valence-electron chi connectivity index (χ4n) is 3.99. The second-order valence-electron chi connectivity index (χ2n) is 6.32. The van der Waals surface area contributed by atoms with Crippen LogP contribution in [0.2, 0.25) is 0 Å². The largest absolute Gasteiger partial charge is 0.331 e. The third kappa shape index (κ3) is 2.07. The molecule has 1 aromatic rings. The number of likely N-dealkylation sites (tertiary alicyclic amines) is 2. The van der Waals surface area contributed by atoms with E-state index in [1.807, 2.05) is 6.92 Å². The number of likely N-dealkylation sites (N-methyl/N-ethyl adjacent to an activating group) is 1. The number of piperidine rings is 2. The Balaban J connectivity index is 1.92. The molecule has 1 amide bonds. The zero-order chi connectivity index (χ0) is 14.3. The summed E-state index contributed by atoms with van der Waals surface area (Å²) in [7, 11) is 2.20. The van der Waals surface area contributed by atoms with Crippen LogP contribution >= 0.6 is 11.3 Å². The molecule has 4 nitrogen and oxygen atoms in total. The number of aromatic nitrogens is 1. The smallest absolute Gasteiger partial charge is 0.266 e. The zero-order valence-corrected chi connectivity index (χ0v) is 13.4. The predicted octanol–water partition coefficient (Wildman–Crippen LogP) is 2.54. The van der Waals surface area contributed by atoms with Crippen molar-refractivity contribution in [2.45, 2.75) is 51.1 Å². The van der Waals surface area contributed by atoms with Gasteiger partial charge in [0.05, 0.1) is 16.7 Å². The summed E-state index contributed by atoms with van der Waals surface area (Å²) in [5.74, 6) is 0.188. The summed E-state index contributed by atoms with van der Waals surface area (Å²) in [5.41, 5.74) is 2.63. The van der Waals surface area contributed by atoms with Gasteiger partial charge in [0.15, 0.2) is 0 Å². The minimum Gasteiger partial charge on any atom is -0.331 e. The lowest BCUT2D eigenvalue weighted by molar-refractivity contribution is -0.0344. The predicted molar refractivity (Wildman–Crippen MR) is 81.2 cm³/mol. The molecule has 0 N–H and O–H groups in total. The molecule has 3 rings (SSSR count). The highest BCUT2D eigenvalue weighted by Gasteiger charge is 2.48. The number of carbonyl (C=O) groups excluding carboxylic acids is 1. The molecular formula is C15H23N3OS. The van der Waals surface area contributed by atoms with Crippen LogP contribution in [-0.4, -0.2) is 52.4 Å². The number of hydrogen-bond donors (Lipinski definition) is 0. The molecule has 1 aromatic heterocycles. The molecule has 0 saturated carbocycles. The van der Waals surface area contributed by atoms with Crippen molar-refractivity contribution in [3.05, 3.63) is 16.1 Å². The Kier molecular flexibility index (Phi) is 3.58. The van der Waals surface area contributed by atoms with Crippen LogP contribution in [0.25, 0.3) is 0 Å². The quantitative estimate of drug-likeness (QED) is 0.798. The Labute approximate surface area is 124 Å². The van der Waals surface area contributed by atoms with Gasteiger partial charge in [0, 0.05) is 12.6 Å².